The molecule has 1 aromatic carbocycles. The molecular formula is C27H44N2O6. The average Bonchev–Trinajstić information content (AvgIpc) is 2.85. The summed E-state index contributed by atoms with van der Waals surface area (Å²) in [5.41, 5.74) is 0.820. The van der Waals surface area contributed by atoms with Gasteiger partial charge in [-0.25, -0.2) is 4.79 Å². The van der Waals surface area contributed by atoms with E-state index < -0.39 is 29.9 Å². The van der Waals surface area contributed by atoms with Gasteiger partial charge in [0.05, 0.1) is 24.5 Å². The molecule has 0 aliphatic heterocycles. The van der Waals surface area contributed by atoms with Crippen LogP contribution in [0.25, 0.3) is 0 Å². The van der Waals surface area contributed by atoms with Crippen molar-refractivity contribution in [3.63, 3.8) is 0 Å². The third kappa shape index (κ3) is 10.8. The smallest absolute Gasteiger partial charge is 0.326 e. The molecule has 0 aromatic heterocycles. The van der Waals surface area contributed by atoms with Crippen molar-refractivity contribution >= 4 is 17.8 Å². The molecule has 0 saturated heterocycles. The Kier molecular flexibility index (Phi) is 14.2. The number of carbonyl (C=O) groups is 3. The lowest BCUT2D eigenvalue weighted by Crippen LogP contribution is -2.50. The summed E-state index contributed by atoms with van der Waals surface area (Å²) in [5, 5.41) is 12.3. The first kappa shape index (κ1) is 30.6. The topological polar surface area (TPSA) is 105 Å². The number of amides is 2. The number of rotatable bonds is 17. The number of methoxy groups -OCH3 is 2. The number of nitrogens with zero attached hydrogens (tertiary/aromatic N) is 1. The molecule has 0 aliphatic rings. The van der Waals surface area contributed by atoms with E-state index in [4.69, 9.17) is 9.47 Å². The fraction of sp³-hybridized carbons (Fsp3) is 0.667. The van der Waals surface area contributed by atoms with E-state index >= 15 is 0 Å². The zero-order valence-electron chi connectivity index (χ0n) is 22.2. The van der Waals surface area contributed by atoms with Crippen molar-refractivity contribution in [3.8, 4) is 0 Å². The number of hydrogen-bond donors (Lipinski definition) is 2. The van der Waals surface area contributed by atoms with Crippen LogP contribution in [0.2, 0.25) is 0 Å². The van der Waals surface area contributed by atoms with Crippen LogP contribution in [-0.4, -0.2) is 73.3 Å². The van der Waals surface area contributed by atoms with Crippen molar-refractivity contribution in [2.24, 2.45) is 11.8 Å². The summed E-state index contributed by atoms with van der Waals surface area (Å²) in [6.45, 7) is 8.73. The van der Waals surface area contributed by atoms with E-state index in [0.717, 1.165) is 24.8 Å². The number of carbonyl (C=O) groups excluding carboxylic acids is 2. The largest absolute Gasteiger partial charge is 0.480 e. The Bertz CT molecular complexity index is 772. The van der Waals surface area contributed by atoms with Crippen molar-refractivity contribution in [2.45, 2.75) is 78.0 Å². The molecule has 1 rings (SSSR count). The Labute approximate surface area is 210 Å². The Morgan fingerprint density at radius 3 is 2.23 bits per heavy atom. The number of carboxylic acids is 1. The second-order valence-corrected chi connectivity index (χ2v) is 9.30. The third-order valence-corrected chi connectivity index (χ3v) is 6.52. The van der Waals surface area contributed by atoms with E-state index in [1.54, 1.807) is 18.9 Å². The molecule has 8 heteroatoms. The number of ether oxygens (including phenoxy) is 2. The predicted molar refractivity (Wildman–Crippen MR) is 136 cm³/mol. The first-order valence-corrected chi connectivity index (χ1v) is 12.6. The summed E-state index contributed by atoms with van der Waals surface area (Å²) in [4.78, 5) is 39.6. The molecule has 1 aromatic rings. The molecule has 198 valence electrons. The van der Waals surface area contributed by atoms with Crippen LogP contribution in [0.15, 0.2) is 30.3 Å². The van der Waals surface area contributed by atoms with E-state index in [2.05, 4.69) is 19.2 Å². The minimum atomic E-state index is -1.10. The van der Waals surface area contributed by atoms with Gasteiger partial charge in [0, 0.05) is 33.7 Å². The SMILES string of the molecule is CCCN(C[C@@H](OC)[C@@H](C)C(=O)N[C@@H](Cc1ccccc1)C(=O)O)C(=O)C[C@H](C[C@@H](C)CC)OC. The summed E-state index contributed by atoms with van der Waals surface area (Å²) in [7, 11) is 3.13. The van der Waals surface area contributed by atoms with Gasteiger partial charge in [0.25, 0.3) is 0 Å². The number of aliphatic carboxylic acids is 1. The molecule has 0 fully saturated rings. The molecule has 35 heavy (non-hydrogen) atoms. The summed E-state index contributed by atoms with van der Waals surface area (Å²) in [6, 6.07) is 8.11. The van der Waals surface area contributed by atoms with Crippen molar-refractivity contribution < 1.29 is 29.0 Å². The second-order valence-electron chi connectivity index (χ2n) is 9.30. The van der Waals surface area contributed by atoms with Crippen LogP contribution in [0.4, 0.5) is 0 Å². The van der Waals surface area contributed by atoms with E-state index in [1.165, 1.54) is 7.11 Å². The van der Waals surface area contributed by atoms with Gasteiger partial charge in [-0.05, 0) is 24.3 Å². The van der Waals surface area contributed by atoms with Gasteiger partial charge in [-0.3, -0.25) is 9.59 Å². The van der Waals surface area contributed by atoms with E-state index in [9.17, 15) is 19.5 Å². The normalized spacial score (nSPS) is 15.5. The molecule has 0 aliphatic carbocycles. The zero-order chi connectivity index (χ0) is 26.4. The monoisotopic (exact) mass is 492 g/mol. The van der Waals surface area contributed by atoms with Crippen molar-refractivity contribution in [2.75, 3.05) is 27.3 Å². The maximum absolute atomic E-state index is 13.1. The maximum atomic E-state index is 13.1. The van der Waals surface area contributed by atoms with Crippen LogP contribution in [0.5, 0.6) is 0 Å². The van der Waals surface area contributed by atoms with Crippen LogP contribution < -0.4 is 5.32 Å². The summed E-state index contributed by atoms with van der Waals surface area (Å²) in [5.74, 6) is -1.75. The van der Waals surface area contributed by atoms with Gasteiger partial charge in [0.1, 0.15) is 6.04 Å². The molecule has 0 bridgehead atoms. The molecule has 0 unspecified atom stereocenters. The van der Waals surface area contributed by atoms with Crippen molar-refractivity contribution in [1.29, 1.82) is 0 Å². The second kappa shape index (κ2) is 16.3. The van der Waals surface area contributed by atoms with Crippen LogP contribution in [0, 0.1) is 11.8 Å². The molecule has 0 spiro atoms. The highest BCUT2D eigenvalue weighted by molar-refractivity contribution is 5.85. The van der Waals surface area contributed by atoms with Gasteiger partial charge in [-0.1, -0.05) is 64.4 Å². The number of nitrogens with one attached hydrogen (secondary N) is 1. The fourth-order valence-electron chi connectivity index (χ4n) is 3.97. The predicted octanol–water partition coefficient (Wildman–Crippen LogP) is 3.53. The van der Waals surface area contributed by atoms with Crippen molar-refractivity contribution in [3.05, 3.63) is 35.9 Å². The highest BCUT2D eigenvalue weighted by atomic mass is 16.5. The van der Waals surface area contributed by atoms with Gasteiger partial charge < -0.3 is 24.8 Å². The number of benzene rings is 1. The van der Waals surface area contributed by atoms with Crippen molar-refractivity contribution in [1.82, 2.24) is 10.2 Å². The Morgan fingerprint density at radius 2 is 1.71 bits per heavy atom. The van der Waals surface area contributed by atoms with Gasteiger partial charge in [-0.2, -0.15) is 0 Å². The number of hydrogen-bond acceptors (Lipinski definition) is 5. The zero-order valence-corrected chi connectivity index (χ0v) is 22.2. The molecule has 5 atom stereocenters. The molecule has 0 heterocycles. The average molecular weight is 493 g/mol. The van der Waals surface area contributed by atoms with Gasteiger partial charge in [-0.15, -0.1) is 0 Å². The quantitative estimate of drug-likeness (QED) is 0.345. The fourth-order valence-corrected chi connectivity index (χ4v) is 3.97. The Balaban J connectivity index is 2.84. The lowest BCUT2D eigenvalue weighted by molar-refractivity contribution is -0.144. The summed E-state index contributed by atoms with van der Waals surface area (Å²) < 4.78 is 11.2. The molecule has 0 saturated carbocycles. The Morgan fingerprint density at radius 1 is 1.06 bits per heavy atom. The van der Waals surface area contributed by atoms with Crippen LogP contribution >= 0.6 is 0 Å². The minimum Gasteiger partial charge on any atom is -0.480 e. The molecule has 0 radical (unpaired) electrons. The molecule has 8 nitrogen and oxygen atoms in total. The van der Waals surface area contributed by atoms with Crippen LogP contribution in [0.1, 0.15) is 58.9 Å². The van der Waals surface area contributed by atoms with E-state index in [0.29, 0.717) is 12.5 Å². The lowest BCUT2D eigenvalue weighted by atomic mass is 9.98. The van der Waals surface area contributed by atoms with Gasteiger partial charge in [0.15, 0.2) is 0 Å². The molecule has 2 amide bonds. The standard InChI is InChI=1S/C27H44N2O6/c1-7-14-29(25(30)17-22(34-5)15-19(3)8-2)18-24(35-6)20(4)26(31)28-23(27(32)33)16-21-12-10-9-11-13-21/h9-13,19-20,22-24H,7-8,14-18H2,1-6H3,(H,28,31)(H,32,33)/t19-,20+,22-,23-,24+/m0/s1. The Hall–Kier alpha value is -2.45. The molecular weight excluding hydrogens is 448 g/mol. The van der Waals surface area contributed by atoms with E-state index in [1.807, 2.05) is 37.3 Å². The molecule has 2 N–H and O–H groups in total. The summed E-state index contributed by atoms with van der Waals surface area (Å²) >= 11 is 0. The minimum absolute atomic E-state index is 0.0378. The van der Waals surface area contributed by atoms with Gasteiger partial charge >= 0.3 is 5.97 Å². The third-order valence-electron chi connectivity index (χ3n) is 6.52. The maximum Gasteiger partial charge on any atom is 0.326 e. The summed E-state index contributed by atoms with van der Waals surface area (Å²) in [6.07, 6.45) is 2.32. The lowest BCUT2D eigenvalue weighted by Gasteiger charge is -2.31. The highest BCUT2D eigenvalue weighted by Crippen LogP contribution is 2.17. The van der Waals surface area contributed by atoms with Gasteiger partial charge in [0.2, 0.25) is 11.8 Å². The van der Waals surface area contributed by atoms with Crippen LogP contribution in [-0.2, 0) is 30.3 Å². The number of carboxylic acid groups (broad SMARTS) is 1. The first-order chi connectivity index (χ1) is 16.7. The van der Waals surface area contributed by atoms with Crippen LogP contribution in [0.3, 0.4) is 0 Å². The highest BCUT2D eigenvalue weighted by Gasteiger charge is 2.31. The first-order valence-electron chi connectivity index (χ1n) is 12.6. The van der Waals surface area contributed by atoms with E-state index in [-0.39, 0.29) is 31.4 Å².